The molecule has 6 heteroatoms. The first-order valence-corrected chi connectivity index (χ1v) is 7.74. The van der Waals surface area contributed by atoms with Gasteiger partial charge in [-0.1, -0.05) is 12.1 Å². The summed E-state index contributed by atoms with van der Waals surface area (Å²) in [7, 11) is 0. The third kappa shape index (κ3) is 3.90. The van der Waals surface area contributed by atoms with E-state index in [4.69, 9.17) is 4.74 Å². The number of halogens is 1. The Hall–Kier alpha value is -2.89. The van der Waals surface area contributed by atoms with Crippen LogP contribution in [0.25, 0.3) is 11.0 Å². The van der Waals surface area contributed by atoms with Crippen LogP contribution in [0.2, 0.25) is 0 Å². The first-order valence-electron chi connectivity index (χ1n) is 7.74. The highest BCUT2D eigenvalue weighted by Gasteiger charge is 2.13. The fourth-order valence-corrected chi connectivity index (χ4v) is 2.35. The number of para-hydroxylation sites is 2. The Labute approximate surface area is 138 Å². The van der Waals surface area contributed by atoms with E-state index in [1.165, 1.54) is 24.3 Å². The fourth-order valence-electron chi connectivity index (χ4n) is 2.35. The Morgan fingerprint density at radius 1 is 1.25 bits per heavy atom. The van der Waals surface area contributed by atoms with Crippen molar-refractivity contribution in [2.75, 3.05) is 6.61 Å². The van der Waals surface area contributed by atoms with Crippen molar-refractivity contribution in [3.63, 3.8) is 0 Å². The van der Waals surface area contributed by atoms with E-state index in [2.05, 4.69) is 15.3 Å². The highest BCUT2D eigenvalue weighted by molar-refractivity contribution is 5.77. The SMILES string of the molecule is CC(NC(=O)CCOc1ccc(F)cc1)c1nc2ccccc2[nH]1. The third-order valence-electron chi connectivity index (χ3n) is 3.61. The zero-order valence-corrected chi connectivity index (χ0v) is 13.3. The van der Waals surface area contributed by atoms with E-state index in [1.54, 1.807) is 0 Å². The number of aromatic amines is 1. The Morgan fingerprint density at radius 2 is 2.00 bits per heavy atom. The van der Waals surface area contributed by atoms with Crippen LogP contribution in [0, 0.1) is 5.82 Å². The second-order valence-electron chi connectivity index (χ2n) is 5.48. The number of imidazole rings is 1. The van der Waals surface area contributed by atoms with Gasteiger partial charge in [0.05, 0.1) is 30.1 Å². The molecule has 2 N–H and O–H groups in total. The third-order valence-corrected chi connectivity index (χ3v) is 3.61. The van der Waals surface area contributed by atoms with E-state index < -0.39 is 0 Å². The summed E-state index contributed by atoms with van der Waals surface area (Å²) in [5, 5.41) is 2.88. The normalized spacial score (nSPS) is 12.1. The number of nitrogens with zero attached hydrogens (tertiary/aromatic N) is 1. The van der Waals surface area contributed by atoms with Crippen LogP contribution < -0.4 is 10.1 Å². The Morgan fingerprint density at radius 3 is 2.75 bits per heavy atom. The van der Waals surface area contributed by atoms with Crippen molar-refractivity contribution in [3.8, 4) is 5.75 Å². The van der Waals surface area contributed by atoms with E-state index in [1.807, 2.05) is 31.2 Å². The van der Waals surface area contributed by atoms with Crippen molar-refractivity contribution < 1.29 is 13.9 Å². The number of ether oxygens (including phenoxy) is 1. The molecular weight excluding hydrogens is 309 g/mol. The number of hydrogen-bond acceptors (Lipinski definition) is 3. The average Bonchev–Trinajstić information content (AvgIpc) is 3.01. The number of aromatic nitrogens is 2. The lowest BCUT2D eigenvalue weighted by Crippen LogP contribution is -2.28. The molecule has 2 aromatic carbocycles. The lowest BCUT2D eigenvalue weighted by molar-refractivity contribution is -0.122. The molecule has 1 aromatic heterocycles. The number of carbonyl (C=O) groups excluding carboxylic acids is 1. The van der Waals surface area contributed by atoms with Gasteiger partial charge < -0.3 is 15.0 Å². The molecule has 1 heterocycles. The van der Waals surface area contributed by atoms with Gasteiger partial charge in [-0.05, 0) is 43.3 Å². The zero-order valence-electron chi connectivity index (χ0n) is 13.3. The van der Waals surface area contributed by atoms with Crippen LogP contribution in [0.1, 0.15) is 25.2 Å². The summed E-state index contributed by atoms with van der Waals surface area (Å²) in [6.45, 7) is 2.10. The van der Waals surface area contributed by atoms with Crippen molar-refractivity contribution in [2.24, 2.45) is 0 Å². The van der Waals surface area contributed by atoms with Crippen LogP contribution in [-0.2, 0) is 4.79 Å². The van der Waals surface area contributed by atoms with Gasteiger partial charge in [0.1, 0.15) is 17.4 Å². The Balaban J connectivity index is 1.49. The molecule has 1 unspecified atom stereocenters. The molecule has 0 saturated heterocycles. The predicted molar refractivity (Wildman–Crippen MR) is 89.2 cm³/mol. The number of benzene rings is 2. The van der Waals surface area contributed by atoms with Gasteiger partial charge in [0.15, 0.2) is 0 Å². The Kier molecular flexibility index (Phi) is 4.74. The lowest BCUT2D eigenvalue weighted by Gasteiger charge is -2.12. The summed E-state index contributed by atoms with van der Waals surface area (Å²) in [5.74, 6) is 0.795. The minimum Gasteiger partial charge on any atom is -0.493 e. The van der Waals surface area contributed by atoms with Crippen LogP contribution in [0.5, 0.6) is 5.75 Å². The van der Waals surface area contributed by atoms with Crippen LogP contribution in [0.3, 0.4) is 0 Å². The van der Waals surface area contributed by atoms with Crippen molar-refractivity contribution >= 4 is 16.9 Å². The van der Waals surface area contributed by atoms with E-state index in [9.17, 15) is 9.18 Å². The maximum Gasteiger partial charge on any atom is 0.224 e. The summed E-state index contributed by atoms with van der Waals surface area (Å²) < 4.78 is 18.2. The largest absolute Gasteiger partial charge is 0.493 e. The molecule has 0 saturated carbocycles. The number of H-pyrrole nitrogens is 1. The van der Waals surface area contributed by atoms with Gasteiger partial charge in [-0.25, -0.2) is 9.37 Å². The Bertz CT molecular complexity index is 797. The first kappa shape index (κ1) is 16.0. The van der Waals surface area contributed by atoms with Crippen molar-refractivity contribution in [1.29, 1.82) is 0 Å². The van der Waals surface area contributed by atoms with Crippen LogP contribution in [0.4, 0.5) is 4.39 Å². The van der Waals surface area contributed by atoms with E-state index in [0.29, 0.717) is 11.6 Å². The van der Waals surface area contributed by atoms with Crippen LogP contribution in [0.15, 0.2) is 48.5 Å². The molecule has 1 amide bonds. The van der Waals surface area contributed by atoms with Gasteiger partial charge in [0, 0.05) is 0 Å². The summed E-state index contributed by atoms with van der Waals surface area (Å²) in [6, 6.07) is 13.2. The molecule has 3 rings (SSSR count). The average molecular weight is 327 g/mol. The standard InChI is InChI=1S/C18H18FN3O2/c1-12(18-21-15-4-2-3-5-16(15)22-18)20-17(23)10-11-24-14-8-6-13(19)7-9-14/h2-9,12H,10-11H2,1H3,(H,20,23)(H,21,22). The second kappa shape index (κ2) is 7.12. The summed E-state index contributed by atoms with van der Waals surface area (Å²) in [5.41, 5.74) is 1.81. The molecule has 0 spiro atoms. The molecule has 0 aliphatic carbocycles. The highest BCUT2D eigenvalue weighted by atomic mass is 19.1. The molecule has 5 nitrogen and oxygen atoms in total. The monoisotopic (exact) mass is 327 g/mol. The maximum absolute atomic E-state index is 12.8. The number of fused-ring (bicyclic) bond motifs is 1. The topological polar surface area (TPSA) is 67.0 Å². The molecule has 0 aliphatic rings. The molecule has 24 heavy (non-hydrogen) atoms. The summed E-state index contributed by atoms with van der Waals surface area (Å²) >= 11 is 0. The van der Waals surface area contributed by atoms with Crippen molar-refractivity contribution in [3.05, 3.63) is 60.2 Å². The second-order valence-corrected chi connectivity index (χ2v) is 5.48. The number of hydrogen-bond donors (Lipinski definition) is 2. The number of amides is 1. The molecular formula is C18H18FN3O2. The fraction of sp³-hybridized carbons (Fsp3) is 0.222. The van der Waals surface area contributed by atoms with Crippen molar-refractivity contribution in [1.82, 2.24) is 15.3 Å². The summed E-state index contributed by atoms with van der Waals surface area (Å²) in [4.78, 5) is 19.7. The molecule has 3 aromatic rings. The van der Waals surface area contributed by atoms with Crippen molar-refractivity contribution in [2.45, 2.75) is 19.4 Å². The van der Waals surface area contributed by atoms with E-state index >= 15 is 0 Å². The first-order chi connectivity index (χ1) is 11.6. The minimum absolute atomic E-state index is 0.134. The molecule has 0 radical (unpaired) electrons. The van der Waals surface area contributed by atoms with Gasteiger partial charge >= 0.3 is 0 Å². The van der Waals surface area contributed by atoms with Gasteiger partial charge in [0.2, 0.25) is 5.91 Å². The van der Waals surface area contributed by atoms with Crippen LogP contribution in [-0.4, -0.2) is 22.5 Å². The van der Waals surface area contributed by atoms with Gasteiger partial charge in [0.25, 0.3) is 0 Å². The quantitative estimate of drug-likeness (QED) is 0.729. The van der Waals surface area contributed by atoms with Crippen LogP contribution >= 0.6 is 0 Å². The number of carbonyl (C=O) groups is 1. The molecule has 0 fully saturated rings. The van der Waals surface area contributed by atoms with Gasteiger partial charge in [-0.15, -0.1) is 0 Å². The smallest absolute Gasteiger partial charge is 0.224 e. The lowest BCUT2D eigenvalue weighted by atomic mass is 10.3. The highest BCUT2D eigenvalue weighted by Crippen LogP contribution is 2.15. The number of rotatable bonds is 6. The predicted octanol–water partition coefficient (Wildman–Crippen LogP) is 3.35. The molecule has 124 valence electrons. The summed E-state index contributed by atoms with van der Waals surface area (Å²) in [6.07, 6.45) is 0.210. The van der Waals surface area contributed by atoms with E-state index in [-0.39, 0.29) is 30.8 Å². The molecule has 1 atom stereocenters. The number of nitrogens with one attached hydrogen (secondary N) is 2. The van der Waals surface area contributed by atoms with Gasteiger partial charge in [-0.2, -0.15) is 0 Å². The van der Waals surface area contributed by atoms with Gasteiger partial charge in [-0.3, -0.25) is 4.79 Å². The maximum atomic E-state index is 12.8. The molecule has 0 bridgehead atoms. The zero-order chi connectivity index (χ0) is 16.9. The molecule has 0 aliphatic heterocycles. The minimum atomic E-state index is -0.320. The van der Waals surface area contributed by atoms with E-state index in [0.717, 1.165) is 11.0 Å².